The van der Waals surface area contributed by atoms with E-state index in [1.54, 1.807) is 12.1 Å². The molecule has 0 bridgehead atoms. The zero-order chi connectivity index (χ0) is 10.6. The van der Waals surface area contributed by atoms with Gasteiger partial charge >= 0.3 is 0 Å². The first kappa shape index (κ1) is 10.5. The van der Waals surface area contributed by atoms with Crippen LogP contribution in [0.2, 0.25) is 5.02 Å². The Bertz CT molecular complexity index is 379. The Hall–Kier alpha value is -1.61. The van der Waals surface area contributed by atoms with E-state index in [-0.39, 0.29) is 0 Å². The molecule has 0 heterocycles. The number of benzene rings is 1. The van der Waals surface area contributed by atoms with Gasteiger partial charge in [0.05, 0.1) is 5.97 Å². The first-order chi connectivity index (χ1) is 6.59. The molecule has 1 rings (SSSR count). The molecule has 0 spiro atoms. The van der Waals surface area contributed by atoms with Gasteiger partial charge in [-0.25, -0.2) is 0 Å². The van der Waals surface area contributed by atoms with Gasteiger partial charge in [0, 0.05) is 10.6 Å². The number of hydrogen-bond donors (Lipinski definition) is 0. The Balaban J connectivity index is 2.80. The van der Waals surface area contributed by atoms with Crippen molar-refractivity contribution in [3.05, 3.63) is 47.0 Å². The molecule has 0 atom stereocenters. The highest BCUT2D eigenvalue weighted by atomic mass is 35.5. The van der Waals surface area contributed by atoms with E-state index in [4.69, 9.17) is 11.6 Å². The van der Waals surface area contributed by atoms with Crippen LogP contribution in [0.3, 0.4) is 0 Å². The highest BCUT2D eigenvalue weighted by molar-refractivity contribution is 6.30. The van der Waals surface area contributed by atoms with Crippen molar-refractivity contribution >= 4 is 23.4 Å². The normalized spacial score (nSPS) is 10.4. The molecule has 0 aliphatic heterocycles. The number of hydrogen-bond acceptors (Lipinski definition) is 3. The highest BCUT2D eigenvalue weighted by Crippen LogP contribution is 2.10. The van der Waals surface area contributed by atoms with Crippen molar-refractivity contribution in [2.24, 2.45) is 0 Å². The van der Waals surface area contributed by atoms with Crippen LogP contribution in [0, 0.1) is 0 Å². The molecule has 0 aliphatic carbocycles. The molecule has 4 heteroatoms. The van der Waals surface area contributed by atoms with Gasteiger partial charge in [-0.15, -0.1) is 0 Å². The van der Waals surface area contributed by atoms with Crippen LogP contribution in [0.1, 0.15) is 10.4 Å². The van der Waals surface area contributed by atoms with E-state index in [1.165, 1.54) is 12.1 Å². The van der Waals surface area contributed by atoms with Crippen molar-refractivity contribution < 1.29 is 14.7 Å². The quantitative estimate of drug-likeness (QED) is 0.547. The Labute approximate surface area is 85.6 Å². The molecule has 0 amide bonds. The molecule has 1 aromatic carbocycles. The predicted octanol–water partition coefficient (Wildman–Crippen LogP) is 0.829. The summed E-state index contributed by atoms with van der Waals surface area (Å²) in [6.07, 6.45) is 1.63. The predicted molar refractivity (Wildman–Crippen MR) is 49.9 cm³/mol. The molecule has 72 valence electrons. The molecular formula is C10H6ClO3-. The summed E-state index contributed by atoms with van der Waals surface area (Å²) in [6.45, 7) is 0. The average molecular weight is 210 g/mol. The zero-order valence-electron chi connectivity index (χ0n) is 7.07. The molecule has 0 radical (unpaired) electrons. The van der Waals surface area contributed by atoms with Gasteiger partial charge in [-0.05, 0) is 36.4 Å². The third-order valence-electron chi connectivity index (χ3n) is 1.50. The number of aliphatic carboxylic acids is 1. The molecule has 0 fully saturated rings. The van der Waals surface area contributed by atoms with Crippen molar-refractivity contribution in [1.82, 2.24) is 0 Å². The molecule has 0 saturated carbocycles. The number of allylic oxidation sites excluding steroid dienone is 1. The zero-order valence-corrected chi connectivity index (χ0v) is 7.82. The second-order valence-corrected chi connectivity index (χ2v) is 2.96. The van der Waals surface area contributed by atoms with Crippen molar-refractivity contribution in [3.63, 3.8) is 0 Å². The van der Waals surface area contributed by atoms with E-state index >= 15 is 0 Å². The average Bonchev–Trinajstić information content (AvgIpc) is 2.15. The van der Waals surface area contributed by atoms with Gasteiger partial charge in [0.15, 0.2) is 5.78 Å². The minimum Gasteiger partial charge on any atom is -0.545 e. The van der Waals surface area contributed by atoms with Gasteiger partial charge in [0.2, 0.25) is 0 Å². The summed E-state index contributed by atoms with van der Waals surface area (Å²) in [5, 5.41) is 10.5. The van der Waals surface area contributed by atoms with Gasteiger partial charge in [-0.2, -0.15) is 0 Å². The SMILES string of the molecule is O=C([O-])C=CC(=O)c1ccc(Cl)cc1. The third-order valence-corrected chi connectivity index (χ3v) is 1.75. The summed E-state index contributed by atoms with van der Waals surface area (Å²) in [5.41, 5.74) is 0.381. The molecule has 0 unspecified atom stereocenters. The minimum absolute atomic E-state index is 0.381. The van der Waals surface area contributed by atoms with Gasteiger partial charge < -0.3 is 9.90 Å². The lowest BCUT2D eigenvalue weighted by Crippen LogP contribution is -2.19. The topological polar surface area (TPSA) is 57.2 Å². The lowest BCUT2D eigenvalue weighted by molar-refractivity contribution is -0.297. The van der Waals surface area contributed by atoms with E-state index in [1.807, 2.05) is 0 Å². The van der Waals surface area contributed by atoms with Crippen LogP contribution >= 0.6 is 11.6 Å². The maximum atomic E-state index is 11.2. The second-order valence-electron chi connectivity index (χ2n) is 2.52. The van der Waals surface area contributed by atoms with E-state index < -0.39 is 11.8 Å². The number of carboxylic acid groups (broad SMARTS) is 1. The maximum Gasteiger partial charge on any atom is 0.185 e. The van der Waals surface area contributed by atoms with Crippen LogP contribution in [-0.2, 0) is 4.79 Å². The molecule has 3 nitrogen and oxygen atoms in total. The fourth-order valence-corrected chi connectivity index (χ4v) is 0.980. The van der Waals surface area contributed by atoms with Crippen molar-refractivity contribution in [2.45, 2.75) is 0 Å². The standard InChI is InChI=1S/C10H7ClO3/c11-8-3-1-7(2-4-8)9(12)5-6-10(13)14/h1-6H,(H,13,14)/p-1. The molecule has 14 heavy (non-hydrogen) atoms. The maximum absolute atomic E-state index is 11.2. The Morgan fingerprint density at radius 1 is 1.14 bits per heavy atom. The molecule has 0 aromatic heterocycles. The summed E-state index contributed by atoms with van der Waals surface area (Å²) < 4.78 is 0. The summed E-state index contributed by atoms with van der Waals surface area (Å²) in [7, 11) is 0. The summed E-state index contributed by atoms with van der Waals surface area (Å²) in [5.74, 6) is -1.79. The van der Waals surface area contributed by atoms with Gasteiger partial charge in [0.1, 0.15) is 0 Å². The Morgan fingerprint density at radius 2 is 1.71 bits per heavy atom. The minimum atomic E-state index is -1.40. The number of carboxylic acids is 1. The molecule has 1 aromatic rings. The van der Waals surface area contributed by atoms with Crippen molar-refractivity contribution in [3.8, 4) is 0 Å². The highest BCUT2D eigenvalue weighted by Gasteiger charge is 1.99. The van der Waals surface area contributed by atoms with E-state index in [0.29, 0.717) is 16.7 Å². The van der Waals surface area contributed by atoms with E-state index in [2.05, 4.69) is 0 Å². The number of ketones is 1. The van der Waals surface area contributed by atoms with Crippen LogP contribution in [0.5, 0.6) is 0 Å². The summed E-state index contributed by atoms with van der Waals surface area (Å²) in [6, 6.07) is 6.15. The number of halogens is 1. The lowest BCUT2D eigenvalue weighted by Gasteiger charge is -1.95. The van der Waals surface area contributed by atoms with Crippen LogP contribution < -0.4 is 5.11 Å². The van der Waals surface area contributed by atoms with Gasteiger partial charge in [0.25, 0.3) is 0 Å². The molecular weight excluding hydrogens is 204 g/mol. The Kier molecular flexibility index (Phi) is 3.42. The first-order valence-corrected chi connectivity index (χ1v) is 4.16. The van der Waals surface area contributed by atoms with E-state index in [0.717, 1.165) is 6.08 Å². The first-order valence-electron chi connectivity index (χ1n) is 3.78. The van der Waals surface area contributed by atoms with E-state index in [9.17, 15) is 14.7 Å². The number of rotatable bonds is 3. The summed E-state index contributed by atoms with van der Waals surface area (Å²) >= 11 is 5.61. The van der Waals surface area contributed by atoms with Crippen LogP contribution in [0.4, 0.5) is 0 Å². The monoisotopic (exact) mass is 209 g/mol. The van der Waals surface area contributed by atoms with Crippen molar-refractivity contribution in [2.75, 3.05) is 0 Å². The smallest absolute Gasteiger partial charge is 0.185 e. The van der Waals surface area contributed by atoms with Crippen molar-refractivity contribution in [1.29, 1.82) is 0 Å². The summed E-state index contributed by atoms with van der Waals surface area (Å²) in [4.78, 5) is 21.3. The van der Waals surface area contributed by atoms with Gasteiger partial charge in [-0.3, -0.25) is 4.79 Å². The fraction of sp³-hybridized carbons (Fsp3) is 0. The van der Waals surface area contributed by atoms with Crippen LogP contribution in [-0.4, -0.2) is 11.8 Å². The van der Waals surface area contributed by atoms with Crippen LogP contribution in [0.25, 0.3) is 0 Å². The molecule has 0 aliphatic rings. The molecule has 0 saturated heterocycles. The number of carbonyl (C=O) groups is 2. The molecule has 0 N–H and O–H groups in total. The second kappa shape index (κ2) is 4.58. The van der Waals surface area contributed by atoms with Gasteiger partial charge in [-0.1, -0.05) is 11.6 Å². The number of carbonyl (C=O) groups excluding carboxylic acids is 2. The van der Waals surface area contributed by atoms with Crippen LogP contribution in [0.15, 0.2) is 36.4 Å². The fourth-order valence-electron chi connectivity index (χ4n) is 0.854. The lowest BCUT2D eigenvalue weighted by atomic mass is 10.1. The largest absolute Gasteiger partial charge is 0.545 e. The third kappa shape index (κ3) is 3.03. The Morgan fingerprint density at radius 3 is 2.21 bits per heavy atom.